The lowest BCUT2D eigenvalue weighted by molar-refractivity contribution is 0.587. The van der Waals surface area contributed by atoms with Crippen LogP contribution in [0.3, 0.4) is 0 Å². The molecule has 0 radical (unpaired) electrons. The molecule has 0 unspecified atom stereocenters. The maximum absolute atomic E-state index is 12.5. The van der Waals surface area contributed by atoms with Gasteiger partial charge in [0.25, 0.3) is 10.0 Å². The van der Waals surface area contributed by atoms with Crippen LogP contribution in [0.15, 0.2) is 66.0 Å². The molecule has 0 aliphatic heterocycles. The third-order valence-corrected chi connectivity index (χ3v) is 4.61. The summed E-state index contributed by atoms with van der Waals surface area (Å²) in [6.07, 6.45) is 4.51. The smallest absolute Gasteiger partial charge is 0.267 e. The molecule has 106 valence electrons. The van der Waals surface area contributed by atoms with Crippen molar-refractivity contribution in [2.75, 3.05) is 5.73 Å². The summed E-state index contributed by atoms with van der Waals surface area (Å²) in [5, 5.41) is 0. The molecule has 0 fully saturated rings. The largest absolute Gasteiger partial charge is 0.368 e. The molecule has 6 nitrogen and oxygen atoms in total. The summed E-state index contributed by atoms with van der Waals surface area (Å²) in [6.45, 7) is 0. The van der Waals surface area contributed by atoms with E-state index in [4.69, 9.17) is 5.73 Å². The Morgan fingerprint density at radius 3 is 2.52 bits per heavy atom. The Bertz CT molecular complexity index is 873. The third-order valence-electron chi connectivity index (χ3n) is 2.96. The molecule has 0 aliphatic carbocycles. The maximum atomic E-state index is 12.5. The zero-order valence-corrected chi connectivity index (χ0v) is 11.7. The van der Waals surface area contributed by atoms with Crippen molar-refractivity contribution in [3.05, 3.63) is 61.1 Å². The Labute approximate surface area is 122 Å². The normalized spacial score (nSPS) is 11.4. The van der Waals surface area contributed by atoms with E-state index in [1.807, 2.05) is 0 Å². The van der Waals surface area contributed by atoms with Gasteiger partial charge in [-0.1, -0.05) is 18.2 Å². The number of nitrogen functional groups attached to an aromatic ring is 1. The van der Waals surface area contributed by atoms with Gasteiger partial charge in [-0.05, 0) is 24.3 Å². The number of aromatic nitrogens is 3. The molecule has 0 saturated heterocycles. The lowest BCUT2D eigenvalue weighted by Crippen LogP contribution is -2.10. The summed E-state index contributed by atoms with van der Waals surface area (Å²) in [6, 6.07) is 11.6. The molecule has 3 rings (SSSR count). The van der Waals surface area contributed by atoms with Gasteiger partial charge in [0.05, 0.1) is 10.6 Å². The van der Waals surface area contributed by atoms with Crippen molar-refractivity contribution < 1.29 is 8.42 Å². The van der Waals surface area contributed by atoms with E-state index in [1.54, 1.807) is 42.5 Å². The third kappa shape index (κ3) is 2.50. The van der Waals surface area contributed by atoms with Gasteiger partial charge in [-0.3, -0.25) is 0 Å². The first-order chi connectivity index (χ1) is 10.1. The predicted molar refractivity (Wildman–Crippen MR) is 78.9 cm³/mol. The number of nitrogens with two attached hydrogens (primary N) is 1. The molecule has 0 aliphatic rings. The van der Waals surface area contributed by atoms with Gasteiger partial charge in [-0.2, -0.15) is 0 Å². The highest BCUT2D eigenvalue weighted by Crippen LogP contribution is 2.21. The fraction of sp³-hybridized carbons (Fsp3) is 0. The van der Waals surface area contributed by atoms with Crippen molar-refractivity contribution >= 4 is 16.0 Å². The quantitative estimate of drug-likeness (QED) is 0.796. The monoisotopic (exact) mass is 300 g/mol. The molecule has 0 spiro atoms. The van der Waals surface area contributed by atoms with Crippen LogP contribution in [0.1, 0.15) is 0 Å². The molecule has 0 atom stereocenters. The van der Waals surface area contributed by atoms with E-state index in [0.717, 1.165) is 3.97 Å². The van der Waals surface area contributed by atoms with E-state index in [-0.39, 0.29) is 10.8 Å². The van der Waals surface area contributed by atoms with E-state index in [1.165, 1.54) is 18.6 Å². The highest BCUT2D eigenvalue weighted by Gasteiger charge is 2.16. The Kier molecular flexibility index (Phi) is 3.19. The van der Waals surface area contributed by atoms with Gasteiger partial charge in [-0.15, -0.1) is 0 Å². The molecule has 1 aromatic carbocycles. The standard InChI is InChI=1S/C14H12N4O2S/c15-14-16-8-6-13(17-14)11-7-9-18(10-11)21(19,20)12-4-2-1-3-5-12/h1-10H,(H2,15,16,17). The summed E-state index contributed by atoms with van der Waals surface area (Å²) < 4.78 is 26.1. The van der Waals surface area contributed by atoms with Gasteiger partial charge >= 0.3 is 0 Å². The van der Waals surface area contributed by atoms with Crippen LogP contribution in [-0.2, 0) is 10.0 Å². The molecule has 2 aromatic heterocycles. The van der Waals surface area contributed by atoms with Gasteiger partial charge < -0.3 is 5.73 Å². The lowest BCUT2D eigenvalue weighted by atomic mass is 10.2. The zero-order chi connectivity index (χ0) is 14.9. The maximum Gasteiger partial charge on any atom is 0.267 e. The van der Waals surface area contributed by atoms with E-state index >= 15 is 0 Å². The fourth-order valence-electron chi connectivity index (χ4n) is 1.93. The Morgan fingerprint density at radius 1 is 1.05 bits per heavy atom. The Morgan fingerprint density at radius 2 is 1.81 bits per heavy atom. The van der Waals surface area contributed by atoms with Crippen LogP contribution >= 0.6 is 0 Å². The first kappa shape index (κ1) is 13.3. The van der Waals surface area contributed by atoms with Gasteiger partial charge in [0.15, 0.2) is 0 Å². The molecular weight excluding hydrogens is 288 g/mol. The second-order valence-electron chi connectivity index (χ2n) is 4.35. The average Bonchev–Trinajstić information content (AvgIpc) is 2.99. The number of benzene rings is 1. The highest BCUT2D eigenvalue weighted by atomic mass is 32.2. The summed E-state index contributed by atoms with van der Waals surface area (Å²) in [5.41, 5.74) is 6.76. The van der Waals surface area contributed by atoms with Crippen LogP contribution < -0.4 is 5.73 Å². The zero-order valence-electron chi connectivity index (χ0n) is 10.9. The summed E-state index contributed by atoms with van der Waals surface area (Å²) in [5.74, 6) is 0.145. The summed E-state index contributed by atoms with van der Waals surface area (Å²) >= 11 is 0. The van der Waals surface area contributed by atoms with Crippen LogP contribution in [0.2, 0.25) is 0 Å². The number of nitrogens with zero attached hydrogens (tertiary/aromatic N) is 3. The Hall–Kier alpha value is -2.67. The molecule has 3 aromatic rings. The molecule has 0 saturated carbocycles. The van der Waals surface area contributed by atoms with Gasteiger partial charge in [0, 0.05) is 24.2 Å². The average molecular weight is 300 g/mol. The first-order valence-electron chi connectivity index (χ1n) is 6.15. The topological polar surface area (TPSA) is 90.9 Å². The molecule has 2 heterocycles. The van der Waals surface area contributed by atoms with E-state index in [9.17, 15) is 8.42 Å². The van der Waals surface area contributed by atoms with Crippen LogP contribution in [0.25, 0.3) is 11.3 Å². The SMILES string of the molecule is Nc1nccc(-c2ccn(S(=O)(=O)c3ccccc3)c2)n1. The Balaban J connectivity index is 2.03. The first-order valence-corrected chi connectivity index (χ1v) is 7.59. The second-order valence-corrected chi connectivity index (χ2v) is 6.19. The molecule has 7 heteroatoms. The minimum atomic E-state index is -3.59. The van der Waals surface area contributed by atoms with Crippen molar-refractivity contribution in [3.8, 4) is 11.3 Å². The number of hydrogen-bond donors (Lipinski definition) is 1. The molecular formula is C14H12N4O2S. The molecule has 2 N–H and O–H groups in total. The molecule has 21 heavy (non-hydrogen) atoms. The molecule has 0 bridgehead atoms. The molecule has 0 amide bonds. The second kappa shape index (κ2) is 5.02. The van der Waals surface area contributed by atoms with Gasteiger partial charge in [0.1, 0.15) is 0 Å². The van der Waals surface area contributed by atoms with Crippen molar-refractivity contribution in [3.63, 3.8) is 0 Å². The lowest BCUT2D eigenvalue weighted by Gasteiger charge is -2.05. The van der Waals surface area contributed by atoms with Crippen LogP contribution in [-0.4, -0.2) is 22.4 Å². The van der Waals surface area contributed by atoms with Crippen molar-refractivity contribution in [1.82, 2.24) is 13.9 Å². The fourth-order valence-corrected chi connectivity index (χ4v) is 3.14. The van der Waals surface area contributed by atoms with E-state index in [2.05, 4.69) is 9.97 Å². The predicted octanol–water partition coefficient (Wildman–Crippen LogP) is 1.76. The van der Waals surface area contributed by atoms with Crippen LogP contribution in [0.5, 0.6) is 0 Å². The van der Waals surface area contributed by atoms with Crippen LogP contribution in [0.4, 0.5) is 5.95 Å². The summed E-state index contributed by atoms with van der Waals surface area (Å²) in [4.78, 5) is 8.11. The van der Waals surface area contributed by atoms with Gasteiger partial charge in [-0.25, -0.2) is 22.4 Å². The van der Waals surface area contributed by atoms with E-state index in [0.29, 0.717) is 11.3 Å². The number of anilines is 1. The van der Waals surface area contributed by atoms with Gasteiger partial charge in [0.2, 0.25) is 5.95 Å². The van der Waals surface area contributed by atoms with Crippen molar-refractivity contribution in [2.45, 2.75) is 4.90 Å². The van der Waals surface area contributed by atoms with Crippen molar-refractivity contribution in [2.24, 2.45) is 0 Å². The highest BCUT2D eigenvalue weighted by molar-refractivity contribution is 7.90. The van der Waals surface area contributed by atoms with Crippen LogP contribution in [0, 0.1) is 0 Å². The number of rotatable bonds is 3. The van der Waals surface area contributed by atoms with Crippen molar-refractivity contribution in [1.29, 1.82) is 0 Å². The van der Waals surface area contributed by atoms with E-state index < -0.39 is 10.0 Å². The minimum Gasteiger partial charge on any atom is -0.368 e. The summed E-state index contributed by atoms with van der Waals surface area (Å²) in [7, 11) is -3.59. The minimum absolute atomic E-state index is 0.145. The number of hydrogen-bond acceptors (Lipinski definition) is 5.